The molecule has 0 fully saturated rings. The van der Waals surface area contributed by atoms with Crippen molar-refractivity contribution in [3.8, 4) is 0 Å². The van der Waals surface area contributed by atoms with E-state index in [1.165, 1.54) is 6.08 Å². The first kappa shape index (κ1) is 11.0. The highest BCUT2D eigenvalue weighted by molar-refractivity contribution is 7.09. The fourth-order valence-corrected chi connectivity index (χ4v) is 0.996. The number of aromatic nitrogens is 3. The number of amides is 2. The minimum absolute atomic E-state index is 0.115. The largest absolute Gasteiger partial charge is 0.478 e. The third kappa shape index (κ3) is 4.67. The minimum Gasteiger partial charge on any atom is -0.478 e. The van der Waals surface area contributed by atoms with Gasteiger partial charge in [0.1, 0.15) is 0 Å². The Labute approximate surface area is 88.2 Å². The average Bonchev–Trinajstić information content (AvgIpc) is 2.64. The third-order valence-electron chi connectivity index (χ3n) is 1.16. The number of nitrogens with zero attached hydrogens (tertiary/aromatic N) is 3. The van der Waals surface area contributed by atoms with Gasteiger partial charge in [0.2, 0.25) is 5.13 Å². The van der Waals surface area contributed by atoms with E-state index in [1.807, 2.05) is 0 Å². The Morgan fingerprint density at radius 3 is 2.93 bits per heavy atom. The number of nitrogens with one attached hydrogen (secondary N) is 2. The van der Waals surface area contributed by atoms with Crippen molar-refractivity contribution in [1.29, 1.82) is 0 Å². The molecule has 9 heteroatoms. The smallest absolute Gasteiger partial charge is 0.328 e. The Morgan fingerprint density at radius 2 is 2.33 bits per heavy atom. The molecule has 1 aromatic heterocycles. The zero-order chi connectivity index (χ0) is 11.1. The summed E-state index contributed by atoms with van der Waals surface area (Å²) in [6.45, 7) is 0.115. The Balaban J connectivity index is 2.22. The maximum Gasteiger partial charge on any atom is 0.328 e. The number of hydrogen-bond acceptors (Lipinski definition) is 6. The van der Waals surface area contributed by atoms with Crippen LogP contribution in [0.2, 0.25) is 0 Å². The molecule has 0 aliphatic heterocycles. The molecule has 0 aromatic carbocycles. The summed E-state index contributed by atoms with van der Waals surface area (Å²) in [6.07, 6.45) is 2.24. The lowest BCUT2D eigenvalue weighted by atomic mass is 10.5. The third-order valence-corrected chi connectivity index (χ3v) is 1.67. The lowest BCUT2D eigenvalue weighted by Crippen LogP contribution is -2.28. The summed E-state index contributed by atoms with van der Waals surface area (Å²) in [6, 6.07) is -0.497. The second-order valence-corrected chi connectivity index (χ2v) is 2.98. The van der Waals surface area contributed by atoms with Crippen molar-refractivity contribution in [3.05, 3.63) is 12.2 Å². The van der Waals surface area contributed by atoms with Gasteiger partial charge in [0.05, 0.1) is 0 Å². The summed E-state index contributed by atoms with van der Waals surface area (Å²) in [5.41, 5.74) is 0. The first-order chi connectivity index (χ1) is 7.18. The van der Waals surface area contributed by atoms with Crippen LogP contribution in [0.3, 0.4) is 0 Å². The van der Waals surface area contributed by atoms with Crippen molar-refractivity contribution in [2.75, 3.05) is 11.9 Å². The lowest BCUT2D eigenvalue weighted by molar-refractivity contribution is -0.131. The second kappa shape index (κ2) is 5.65. The van der Waals surface area contributed by atoms with E-state index in [9.17, 15) is 9.59 Å². The van der Waals surface area contributed by atoms with Crippen LogP contribution in [-0.2, 0) is 4.79 Å². The Bertz CT molecular complexity index is 363. The van der Waals surface area contributed by atoms with Gasteiger partial charge in [0, 0.05) is 24.2 Å². The van der Waals surface area contributed by atoms with Gasteiger partial charge in [-0.15, -0.1) is 0 Å². The lowest BCUT2D eigenvalue weighted by Gasteiger charge is -2.00. The van der Waals surface area contributed by atoms with Crippen molar-refractivity contribution < 1.29 is 14.7 Å². The van der Waals surface area contributed by atoms with E-state index in [-0.39, 0.29) is 11.7 Å². The van der Waals surface area contributed by atoms with E-state index in [0.29, 0.717) is 0 Å². The molecule has 1 aromatic rings. The second-order valence-electron chi connectivity index (χ2n) is 2.24. The number of urea groups is 1. The average molecular weight is 229 g/mol. The van der Waals surface area contributed by atoms with E-state index in [2.05, 4.69) is 25.4 Å². The topological polar surface area (TPSA) is 117 Å². The summed E-state index contributed by atoms with van der Waals surface area (Å²) >= 11 is 0.939. The summed E-state index contributed by atoms with van der Waals surface area (Å²) in [4.78, 5) is 21.1. The number of carbonyl (C=O) groups excluding carboxylic acids is 1. The predicted molar refractivity (Wildman–Crippen MR) is 51.5 cm³/mol. The van der Waals surface area contributed by atoms with E-state index >= 15 is 0 Å². The van der Waals surface area contributed by atoms with Gasteiger partial charge >= 0.3 is 12.0 Å². The van der Waals surface area contributed by atoms with Gasteiger partial charge in [-0.1, -0.05) is 15.7 Å². The Kier molecular flexibility index (Phi) is 4.16. The number of carbonyl (C=O) groups is 2. The first-order valence-electron chi connectivity index (χ1n) is 3.78. The normalized spacial score (nSPS) is 10.1. The van der Waals surface area contributed by atoms with Gasteiger partial charge < -0.3 is 10.4 Å². The fraction of sp³-hybridized carbons (Fsp3) is 0.167. The Morgan fingerprint density at radius 1 is 1.53 bits per heavy atom. The zero-order valence-electron chi connectivity index (χ0n) is 7.38. The van der Waals surface area contributed by atoms with Crippen LogP contribution in [-0.4, -0.2) is 38.5 Å². The number of carboxylic acid groups (broad SMARTS) is 1. The summed E-state index contributed by atoms with van der Waals surface area (Å²) in [5.74, 6) is -1.06. The monoisotopic (exact) mass is 229 g/mol. The molecule has 1 heterocycles. The van der Waals surface area contributed by atoms with Crippen LogP contribution in [0.15, 0.2) is 12.2 Å². The highest BCUT2D eigenvalue weighted by atomic mass is 32.1. The molecule has 3 N–H and O–H groups in total. The number of hydrogen-bond donors (Lipinski definition) is 3. The zero-order valence-corrected chi connectivity index (χ0v) is 8.19. The van der Waals surface area contributed by atoms with Crippen LogP contribution < -0.4 is 10.6 Å². The van der Waals surface area contributed by atoms with Gasteiger partial charge in [-0.3, -0.25) is 5.32 Å². The summed E-state index contributed by atoms with van der Waals surface area (Å²) < 4.78 is 3.44. The highest BCUT2D eigenvalue weighted by Gasteiger charge is 2.02. The van der Waals surface area contributed by atoms with Crippen LogP contribution in [0.1, 0.15) is 0 Å². The highest BCUT2D eigenvalue weighted by Crippen LogP contribution is 2.03. The van der Waals surface area contributed by atoms with Crippen molar-refractivity contribution >= 4 is 28.7 Å². The molecule has 0 saturated heterocycles. The van der Waals surface area contributed by atoms with Gasteiger partial charge in [-0.25, -0.2) is 9.59 Å². The number of carboxylic acids is 1. The van der Waals surface area contributed by atoms with Crippen LogP contribution >= 0.6 is 11.5 Å². The van der Waals surface area contributed by atoms with Crippen LogP contribution in [0.25, 0.3) is 0 Å². The SMILES string of the molecule is O=C(O)/C=C/CNC(=O)Nc1nnns1. The quantitative estimate of drug-likeness (QED) is 0.610. The molecule has 2 amide bonds. The molecule has 80 valence electrons. The van der Waals surface area contributed by atoms with E-state index < -0.39 is 12.0 Å². The summed E-state index contributed by atoms with van der Waals surface area (Å²) in [7, 11) is 0. The van der Waals surface area contributed by atoms with Gasteiger partial charge in [-0.2, -0.15) is 0 Å². The van der Waals surface area contributed by atoms with Crippen molar-refractivity contribution in [2.24, 2.45) is 0 Å². The first-order valence-corrected chi connectivity index (χ1v) is 4.55. The molecule has 1 rings (SSSR count). The molecule has 0 bridgehead atoms. The van der Waals surface area contributed by atoms with Crippen LogP contribution in [0.4, 0.5) is 9.93 Å². The Hall–Kier alpha value is -2.03. The number of aliphatic carboxylic acids is 1. The molecule has 0 spiro atoms. The molecular weight excluding hydrogens is 222 g/mol. The molecular formula is C6H7N5O3S. The molecule has 8 nitrogen and oxygen atoms in total. The van der Waals surface area contributed by atoms with E-state index in [1.54, 1.807) is 0 Å². The van der Waals surface area contributed by atoms with Crippen LogP contribution in [0, 0.1) is 0 Å². The number of anilines is 1. The van der Waals surface area contributed by atoms with Crippen molar-refractivity contribution in [1.82, 2.24) is 20.1 Å². The van der Waals surface area contributed by atoms with Gasteiger partial charge in [0.15, 0.2) is 0 Å². The minimum atomic E-state index is -1.06. The molecule has 0 aliphatic carbocycles. The molecule has 0 radical (unpaired) electrons. The maximum atomic E-state index is 11.1. The molecule has 0 atom stereocenters. The van der Waals surface area contributed by atoms with Gasteiger partial charge in [0.25, 0.3) is 0 Å². The standard InChI is InChI=1S/C6H7N5O3S/c12-4(13)2-1-3-7-5(14)8-6-9-10-11-15-6/h1-2H,3H2,(H,12,13)(H2,7,8,9,11,14)/b2-1+. The predicted octanol–water partition coefficient (Wildman–Crippen LogP) is -0.305. The maximum absolute atomic E-state index is 11.1. The van der Waals surface area contributed by atoms with Crippen molar-refractivity contribution in [3.63, 3.8) is 0 Å². The summed E-state index contributed by atoms with van der Waals surface area (Å²) in [5, 5.41) is 20.0. The molecule has 15 heavy (non-hydrogen) atoms. The van der Waals surface area contributed by atoms with E-state index in [4.69, 9.17) is 5.11 Å². The molecule has 0 saturated carbocycles. The van der Waals surface area contributed by atoms with Crippen molar-refractivity contribution in [2.45, 2.75) is 0 Å². The fourth-order valence-electron chi connectivity index (χ4n) is 0.635. The van der Waals surface area contributed by atoms with E-state index in [0.717, 1.165) is 17.6 Å². The number of rotatable bonds is 4. The molecule has 0 unspecified atom stereocenters. The molecule has 0 aliphatic rings. The van der Waals surface area contributed by atoms with Crippen LogP contribution in [0.5, 0.6) is 0 Å². The van der Waals surface area contributed by atoms with Gasteiger partial charge in [-0.05, 0) is 5.21 Å².